The van der Waals surface area contributed by atoms with Crippen molar-refractivity contribution in [2.45, 2.75) is 9.79 Å². The van der Waals surface area contributed by atoms with Gasteiger partial charge in [0.1, 0.15) is 5.75 Å². The molecule has 3 aliphatic rings. The monoisotopic (exact) mass is 893 g/mol. The summed E-state index contributed by atoms with van der Waals surface area (Å²) in [5.41, 5.74) is 16.1. The largest absolute Gasteiger partial charge is 0.506 e. The molecule has 0 saturated carbocycles. The molecule has 7 heteroatoms. The molecule has 0 bridgehead atoms. The van der Waals surface area contributed by atoms with E-state index in [2.05, 4.69) is 178 Å². The van der Waals surface area contributed by atoms with Crippen LogP contribution in [0.4, 0.5) is 11.4 Å². The molecule has 0 radical (unpaired) electrons. The highest BCUT2D eigenvalue weighted by atomic mass is 79.9. The Morgan fingerprint density at radius 2 is 0.938 bits per heavy atom. The predicted molar refractivity (Wildman–Crippen MR) is 215 cm³/mol. The zero-order valence-electron chi connectivity index (χ0n) is 25.3. The minimum absolute atomic E-state index is 0.267. The highest BCUT2D eigenvalue weighted by Crippen LogP contribution is 2.54. The van der Waals surface area contributed by atoms with Gasteiger partial charge in [0.05, 0.1) is 11.4 Å². The molecule has 6 aromatic carbocycles. The van der Waals surface area contributed by atoms with Crippen LogP contribution in [0.5, 0.6) is 5.75 Å². The Bertz CT molecular complexity index is 2360. The topological polar surface area (TPSA) is 23.5 Å². The van der Waals surface area contributed by atoms with Gasteiger partial charge in [0, 0.05) is 34.7 Å². The van der Waals surface area contributed by atoms with E-state index in [4.69, 9.17) is 0 Å². The Kier molecular flexibility index (Phi) is 7.44. The molecular weight excluding hydrogens is 874 g/mol. The third-order valence-electron chi connectivity index (χ3n) is 9.27. The summed E-state index contributed by atoms with van der Waals surface area (Å²) in [5, 5.41) is 11.4. The number of halogens is 4. The van der Waals surface area contributed by atoms with Gasteiger partial charge in [-0.1, -0.05) is 106 Å². The van der Waals surface area contributed by atoms with Gasteiger partial charge in [-0.15, -0.1) is 0 Å². The molecule has 0 fully saturated rings. The molecule has 1 heterocycles. The van der Waals surface area contributed by atoms with E-state index in [0.717, 1.165) is 55.8 Å². The standard InChI is InChI=1S/C41H23Br4NOS/c1-46-37-11-2-21(12-31-33-17-23(42)3-7-27(33)28-8-4-24(43)18-34(28)31)15-39(37)48-40-16-22(14-38(47)41(40)46)13-32-35-19-25(44)5-9-29(35)30-10-6-26(45)20-36(30)32/h2-20,47H,1H3. The number of anilines is 2. The summed E-state index contributed by atoms with van der Waals surface area (Å²) in [6.07, 6.45) is 4.50. The van der Waals surface area contributed by atoms with E-state index in [1.807, 2.05) is 13.1 Å². The SMILES string of the molecule is CN1c2ccc(C=C3c4cc(Br)ccc4-c4ccc(Br)cc43)cc2Sc2cc(C=C3c4cc(Br)ccc4-c4ccc(Br)cc43)cc(O)c21. The minimum atomic E-state index is 0.267. The van der Waals surface area contributed by atoms with Crippen molar-refractivity contribution in [3.05, 3.63) is 154 Å². The summed E-state index contributed by atoms with van der Waals surface area (Å²) in [4.78, 5) is 4.27. The fourth-order valence-corrected chi connectivity index (χ4v) is 9.88. The van der Waals surface area contributed by atoms with Gasteiger partial charge in [0.2, 0.25) is 0 Å². The number of hydrogen-bond donors (Lipinski definition) is 1. The second-order valence-corrected chi connectivity index (χ2v) is 16.9. The van der Waals surface area contributed by atoms with E-state index in [1.165, 1.54) is 50.1 Å². The first-order chi connectivity index (χ1) is 23.2. The van der Waals surface area contributed by atoms with Crippen LogP contribution in [0.1, 0.15) is 33.4 Å². The fraction of sp³-hybridized carbons (Fsp3) is 0.0244. The summed E-state index contributed by atoms with van der Waals surface area (Å²) < 4.78 is 4.20. The van der Waals surface area contributed by atoms with Crippen molar-refractivity contribution in [3.8, 4) is 28.0 Å². The number of nitrogens with zero attached hydrogens (tertiary/aromatic N) is 1. The zero-order valence-corrected chi connectivity index (χ0v) is 32.4. The maximum absolute atomic E-state index is 11.4. The maximum Gasteiger partial charge on any atom is 0.140 e. The van der Waals surface area contributed by atoms with Crippen molar-refractivity contribution in [3.63, 3.8) is 0 Å². The molecule has 48 heavy (non-hydrogen) atoms. The Labute approximate surface area is 316 Å². The van der Waals surface area contributed by atoms with Crippen LogP contribution in [0.3, 0.4) is 0 Å². The average molecular weight is 897 g/mol. The molecule has 0 spiro atoms. The van der Waals surface area contributed by atoms with Crippen LogP contribution in [0.2, 0.25) is 0 Å². The van der Waals surface area contributed by atoms with Crippen molar-refractivity contribution >= 4 is 110 Å². The molecule has 0 amide bonds. The molecule has 1 N–H and O–H groups in total. The first-order valence-electron chi connectivity index (χ1n) is 15.3. The van der Waals surface area contributed by atoms with Crippen molar-refractivity contribution in [2.24, 2.45) is 0 Å². The van der Waals surface area contributed by atoms with E-state index in [-0.39, 0.29) is 5.75 Å². The number of phenolic OH excluding ortho intramolecular Hbond substituents is 1. The van der Waals surface area contributed by atoms with E-state index in [9.17, 15) is 5.11 Å². The minimum Gasteiger partial charge on any atom is -0.506 e. The Hall–Kier alpha value is -3.33. The van der Waals surface area contributed by atoms with Crippen molar-refractivity contribution < 1.29 is 5.11 Å². The normalized spacial score (nSPS) is 13.4. The lowest BCUT2D eigenvalue weighted by molar-refractivity contribution is 0.474. The van der Waals surface area contributed by atoms with E-state index >= 15 is 0 Å². The van der Waals surface area contributed by atoms with E-state index < -0.39 is 0 Å². The highest BCUT2D eigenvalue weighted by molar-refractivity contribution is 9.11. The van der Waals surface area contributed by atoms with Crippen molar-refractivity contribution in [1.29, 1.82) is 0 Å². The van der Waals surface area contributed by atoms with Crippen LogP contribution in [-0.2, 0) is 0 Å². The molecule has 0 aromatic heterocycles. The summed E-state index contributed by atoms with van der Waals surface area (Å²) in [6.45, 7) is 0. The number of rotatable bonds is 2. The molecule has 9 rings (SSSR count). The van der Waals surface area contributed by atoms with E-state index in [0.29, 0.717) is 0 Å². The molecule has 0 unspecified atom stereocenters. The van der Waals surface area contributed by atoms with Crippen LogP contribution in [-0.4, -0.2) is 12.2 Å². The third-order valence-corrected chi connectivity index (χ3v) is 12.3. The molecule has 232 valence electrons. The molecule has 6 aromatic rings. The quantitative estimate of drug-likeness (QED) is 0.187. The van der Waals surface area contributed by atoms with Crippen LogP contribution >= 0.6 is 75.5 Å². The lowest BCUT2D eigenvalue weighted by Gasteiger charge is -2.30. The number of phenols is 1. The fourth-order valence-electron chi connectivity index (χ4n) is 7.16. The van der Waals surface area contributed by atoms with Gasteiger partial charge in [-0.25, -0.2) is 0 Å². The summed E-state index contributed by atoms with van der Waals surface area (Å²) in [5.74, 6) is 0.267. The molecule has 1 aliphatic heterocycles. The predicted octanol–water partition coefficient (Wildman–Crippen LogP) is 13.8. The molecular formula is C41H23Br4NOS. The molecule has 2 nitrogen and oxygen atoms in total. The van der Waals surface area contributed by atoms with Gasteiger partial charge in [0.15, 0.2) is 0 Å². The van der Waals surface area contributed by atoms with Crippen LogP contribution in [0.15, 0.2) is 131 Å². The van der Waals surface area contributed by atoms with E-state index in [1.54, 1.807) is 11.8 Å². The van der Waals surface area contributed by atoms with Crippen molar-refractivity contribution in [2.75, 3.05) is 11.9 Å². The first kappa shape index (κ1) is 30.7. The van der Waals surface area contributed by atoms with Gasteiger partial charge in [-0.05, 0) is 152 Å². The Morgan fingerprint density at radius 1 is 0.500 bits per heavy atom. The van der Waals surface area contributed by atoms with Gasteiger partial charge >= 0.3 is 0 Å². The number of hydrogen-bond acceptors (Lipinski definition) is 3. The Morgan fingerprint density at radius 3 is 1.42 bits per heavy atom. The van der Waals surface area contributed by atoms with Crippen LogP contribution in [0.25, 0.3) is 45.6 Å². The molecule has 0 saturated heterocycles. The number of fused-ring (bicyclic) bond motifs is 8. The summed E-state index contributed by atoms with van der Waals surface area (Å²) in [7, 11) is 2.03. The number of benzene rings is 6. The van der Waals surface area contributed by atoms with Gasteiger partial charge < -0.3 is 10.0 Å². The first-order valence-corrected chi connectivity index (χ1v) is 19.3. The Balaban J connectivity index is 1.13. The smallest absolute Gasteiger partial charge is 0.140 e. The van der Waals surface area contributed by atoms with Gasteiger partial charge in [0.25, 0.3) is 0 Å². The van der Waals surface area contributed by atoms with Crippen molar-refractivity contribution in [1.82, 2.24) is 0 Å². The second kappa shape index (κ2) is 11.6. The van der Waals surface area contributed by atoms with Gasteiger partial charge in [-0.3, -0.25) is 0 Å². The van der Waals surface area contributed by atoms with Crippen LogP contribution < -0.4 is 4.90 Å². The number of aromatic hydroxyl groups is 1. The summed E-state index contributed by atoms with van der Waals surface area (Å²) in [6, 6.07) is 36.6. The maximum atomic E-state index is 11.4. The van der Waals surface area contributed by atoms with Gasteiger partial charge in [-0.2, -0.15) is 0 Å². The average Bonchev–Trinajstić information content (AvgIpc) is 3.50. The lowest BCUT2D eigenvalue weighted by atomic mass is 10.0. The third kappa shape index (κ3) is 5.00. The highest BCUT2D eigenvalue weighted by Gasteiger charge is 2.28. The zero-order chi connectivity index (χ0) is 32.8. The lowest BCUT2D eigenvalue weighted by Crippen LogP contribution is -2.15. The molecule has 0 atom stereocenters. The summed E-state index contributed by atoms with van der Waals surface area (Å²) >= 11 is 16.5. The second-order valence-electron chi connectivity index (χ2n) is 12.2. The van der Waals surface area contributed by atoms with Crippen LogP contribution in [0, 0.1) is 0 Å². The molecule has 2 aliphatic carbocycles.